The second kappa shape index (κ2) is 9.93. The van der Waals surface area contributed by atoms with Crippen LogP contribution in [-0.2, 0) is 10.0 Å². The molecule has 1 aromatic carbocycles. The molecule has 10 nitrogen and oxygen atoms in total. The summed E-state index contributed by atoms with van der Waals surface area (Å²) in [5, 5.41) is 6.85. The van der Waals surface area contributed by atoms with Gasteiger partial charge in [-0.3, -0.25) is 9.29 Å². The van der Waals surface area contributed by atoms with Crippen molar-refractivity contribution >= 4 is 16.0 Å². The van der Waals surface area contributed by atoms with Gasteiger partial charge in [0.2, 0.25) is 21.9 Å². The average molecular weight is 516 g/mol. The fourth-order valence-electron chi connectivity index (χ4n) is 3.42. The number of rotatable bonds is 8. The lowest BCUT2D eigenvalue weighted by atomic mass is 10.1. The maximum absolute atomic E-state index is 14.9. The van der Waals surface area contributed by atoms with Crippen LogP contribution < -0.4 is 9.46 Å². The quantitative estimate of drug-likeness (QED) is 0.377. The van der Waals surface area contributed by atoms with Crippen LogP contribution in [-0.4, -0.2) is 50.5 Å². The largest absolute Gasteiger partial charge is 0.481 e. The van der Waals surface area contributed by atoms with E-state index in [1.54, 1.807) is 31.5 Å². The third kappa shape index (κ3) is 4.87. The number of pyridine rings is 1. The summed E-state index contributed by atoms with van der Waals surface area (Å²) < 4.78 is 64.7. The first-order valence-corrected chi connectivity index (χ1v) is 12.4. The first kappa shape index (κ1) is 25.1. The molecule has 3 heterocycles. The molecule has 0 radical (unpaired) electrons. The van der Waals surface area contributed by atoms with Crippen LogP contribution in [0.3, 0.4) is 0 Å². The van der Waals surface area contributed by atoms with E-state index in [0.29, 0.717) is 5.82 Å². The topological polar surface area (TPSA) is 125 Å². The molecular weight excluding hydrogens is 492 g/mol. The lowest BCUT2D eigenvalue weighted by molar-refractivity contribution is 0.398. The molecule has 0 aliphatic carbocycles. The van der Waals surface area contributed by atoms with E-state index in [9.17, 15) is 17.2 Å². The number of hydrogen-bond donors (Lipinski definition) is 1. The van der Waals surface area contributed by atoms with Gasteiger partial charge < -0.3 is 4.74 Å². The Kier molecular flexibility index (Phi) is 6.93. The molecule has 4 aromatic rings. The van der Waals surface area contributed by atoms with Gasteiger partial charge in [-0.05, 0) is 37.6 Å². The van der Waals surface area contributed by atoms with Crippen LogP contribution in [0.4, 0.5) is 14.7 Å². The fourth-order valence-corrected chi connectivity index (χ4v) is 4.65. The number of halogens is 2. The number of aryl methyl sites for hydroxylation is 1. The predicted octanol–water partition coefficient (Wildman–Crippen LogP) is 3.65. The highest BCUT2D eigenvalue weighted by atomic mass is 32.2. The van der Waals surface area contributed by atoms with Crippen LogP contribution in [0, 0.1) is 18.6 Å². The maximum atomic E-state index is 14.9. The number of nitrogens with zero attached hydrogens (tertiary/aromatic N) is 6. The number of anilines is 1. The molecule has 0 aliphatic heterocycles. The van der Waals surface area contributed by atoms with Gasteiger partial charge in [0.05, 0.1) is 12.4 Å². The van der Waals surface area contributed by atoms with E-state index in [1.165, 1.54) is 26.2 Å². The maximum Gasteiger partial charge on any atom is 0.243 e. The van der Waals surface area contributed by atoms with Crippen LogP contribution in [0.15, 0.2) is 48.8 Å². The Balaban J connectivity index is 1.80. The first-order valence-electron chi connectivity index (χ1n) is 10.8. The summed E-state index contributed by atoms with van der Waals surface area (Å²) in [6.45, 7) is 4.96. The van der Waals surface area contributed by atoms with E-state index in [2.05, 4.69) is 29.9 Å². The van der Waals surface area contributed by atoms with Crippen LogP contribution in [0.2, 0.25) is 0 Å². The Morgan fingerprint density at radius 2 is 1.64 bits per heavy atom. The van der Waals surface area contributed by atoms with E-state index in [4.69, 9.17) is 4.74 Å². The molecule has 0 saturated heterocycles. The number of methoxy groups -OCH3 is 1. The number of para-hydroxylation sites is 1. The normalized spacial score (nSPS) is 13.3. The van der Waals surface area contributed by atoms with Crippen molar-refractivity contribution in [3.05, 3.63) is 71.8 Å². The van der Waals surface area contributed by atoms with Gasteiger partial charge in [0, 0.05) is 24.4 Å². The number of ether oxygens (including phenoxy) is 1. The van der Waals surface area contributed by atoms with E-state index in [0.717, 1.165) is 22.3 Å². The lowest BCUT2D eigenvalue weighted by Crippen LogP contribution is -2.31. The summed E-state index contributed by atoms with van der Waals surface area (Å²) in [7, 11) is -2.74. The van der Waals surface area contributed by atoms with Crippen LogP contribution >= 0.6 is 0 Å². The highest BCUT2D eigenvalue weighted by molar-refractivity contribution is 7.93. The van der Waals surface area contributed by atoms with Crippen LogP contribution in [0.1, 0.15) is 31.2 Å². The SMILES string of the molecule is COc1cccc(-c2nnc(NS(=O)(=O)[C@@H](C)[C@H](C)c3ncc(C)cn3)n2-c2c(F)cccc2F)n1. The molecule has 188 valence electrons. The van der Waals surface area contributed by atoms with E-state index in [1.807, 2.05) is 6.92 Å². The molecule has 0 aliphatic rings. The van der Waals surface area contributed by atoms with E-state index >= 15 is 0 Å². The van der Waals surface area contributed by atoms with Gasteiger partial charge >= 0.3 is 0 Å². The second-order valence-electron chi connectivity index (χ2n) is 8.08. The monoisotopic (exact) mass is 515 g/mol. The summed E-state index contributed by atoms with van der Waals surface area (Å²) in [6, 6.07) is 7.98. The summed E-state index contributed by atoms with van der Waals surface area (Å²) in [5.41, 5.74) is 0.421. The number of aromatic nitrogens is 6. The number of hydrogen-bond acceptors (Lipinski definition) is 8. The molecule has 2 atom stereocenters. The first-order chi connectivity index (χ1) is 17.1. The number of benzene rings is 1. The van der Waals surface area contributed by atoms with Gasteiger partial charge in [0.1, 0.15) is 28.8 Å². The second-order valence-corrected chi connectivity index (χ2v) is 10.1. The van der Waals surface area contributed by atoms with Crippen LogP contribution in [0.5, 0.6) is 5.88 Å². The zero-order valence-corrected chi connectivity index (χ0v) is 20.7. The van der Waals surface area contributed by atoms with Crippen molar-refractivity contribution in [1.29, 1.82) is 0 Å². The van der Waals surface area contributed by atoms with Crippen molar-refractivity contribution in [1.82, 2.24) is 29.7 Å². The van der Waals surface area contributed by atoms with Crippen molar-refractivity contribution in [2.24, 2.45) is 0 Å². The Morgan fingerprint density at radius 3 is 2.28 bits per heavy atom. The molecule has 1 N–H and O–H groups in total. The van der Waals surface area contributed by atoms with Gasteiger partial charge in [0.15, 0.2) is 5.82 Å². The smallest absolute Gasteiger partial charge is 0.243 e. The highest BCUT2D eigenvalue weighted by Gasteiger charge is 2.32. The minimum Gasteiger partial charge on any atom is -0.481 e. The van der Waals surface area contributed by atoms with Gasteiger partial charge in [-0.15, -0.1) is 10.2 Å². The Hall–Kier alpha value is -4.00. The standard InChI is InChI=1S/C23H23F2N7O3S/c1-13-11-26-21(27-12-13)14(2)15(3)36(33,34)31-23-30-29-22(18-9-6-10-19(28-18)35-4)32(23)20-16(24)7-5-8-17(20)25/h5-12,14-15H,1-4H3,(H,30,31)/t14-,15-/m0/s1. The molecule has 4 rings (SSSR count). The predicted molar refractivity (Wildman–Crippen MR) is 128 cm³/mol. The molecule has 0 amide bonds. The molecule has 3 aromatic heterocycles. The minimum absolute atomic E-state index is 0.0989. The molecule has 0 unspecified atom stereocenters. The van der Waals surface area contributed by atoms with Gasteiger partial charge in [-0.25, -0.2) is 32.2 Å². The summed E-state index contributed by atoms with van der Waals surface area (Å²) in [4.78, 5) is 12.7. The molecular formula is C23H23F2N7O3S. The van der Waals surface area contributed by atoms with Gasteiger partial charge in [-0.1, -0.05) is 19.1 Å². The van der Waals surface area contributed by atoms with Crippen molar-refractivity contribution in [2.45, 2.75) is 31.9 Å². The van der Waals surface area contributed by atoms with Crippen molar-refractivity contribution in [3.63, 3.8) is 0 Å². The zero-order chi connectivity index (χ0) is 26.0. The Labute approximate surface area is 206 Å². The molecule has 0 fully saturated rings. The minimum atomic E-state index is -4.15. The van der Waals surface area contributed by atoms with Crippen LogP contribution in [0.25, 0.3) is 17.2 Å². The van der Waals surface area contributed by atoms with Gasteiger partial charge in [-0.2, -0.15) is 0 Å². The lowest BCUT2D eigenvalue weighted by Gasteiger charge is -2.20. The third-order valence-electron chi connectivity index (χ3n) is 5.62. The van der Waals surface area contributed by atoms with E-state index < -0.39 is 44.5 Å². The van der Waals surface area contributed by atoms with Gasteiger partial charge in [0.25, 0.3) is 0 Å². The molecule has 0 spiro atoms. The Morgan fingerprint density at radius 1 is 1.00 bits per heavy atom. The fraction of sp³-hybridized carbons (Fsp3) is 0.261. The third-order valence-corrected chi connectivity index (χ3v) is 7.48. The van der Waals surface area contributed by atoms with Crippen molar-refractivity contribution < 1.29 is 21.9 Å². The molecule has 13 heteroatoms. The molecule has 0 saturated carbocycles. The van der Waals surface area contributed by atoms with E-state index in [-0.39, 0.29) is 17.4 Å². The number of nitrogens with one attached hydrogen (secondary N) is 1. The summed E-state index contributed by atoms with van der Waals surface area (Å²) >= 11 is 0. The van der Waals surface area contributed by atoms with Crippen molar-refractivity contribution in [2.75, 3.05) is 11.8 Å². The molecule has 0 bridgehead atoms. The zero-order valence-electron chi connectivity index (χ0n) is 19.8. The highest BCUT2D eigenvalue weighted by Crippen LogP contribution is 2.30. The number of sulfonamides is 1. The van der Waals surface area contributed by atoms with Crippen molar-refractivity contribution in [3.8, 4) is 23.1 Å². The summed E-state index contributed by atoms with van der Waals surface area (Å²) in [5.74, 6) is -2.47. The Bertz CT molecular complexity index is 1470. The molecule has 36 heavy (non-hydrogen) atoms. The summed E-state index contributed by atoms with van der Waals surface area (Å²) in [6.07, 6.45) is 3.19. The average Bonchev–Trinajstić information content (AvgIpc) is 3.25.